The lowest BCUT2D eigenvalue weighted by molar-refractivity contribution is -0.328. The number of piperidine rings is 1. The quantitative estimate of drug-likeness (QED) is 0.0258. The molecule has 24 heteroatoms. The summed E-state index contributed by atoms with van der Waals surface area (Å²) in [6.45, 7) is 20.5. The van der Waals surface area contributed by atoms with Gasteiger partial charge in [-0.05, 0) is 122 Å². The smallest absolute Gasteiger partial charge is 0.380 e. The molecule has 1 amide bonds. The van der Waals surface area contributed by atoms with Gasteiger partial charge in [0, 0.05) is 82.6 Å². The SMILES string of the molecule is CCN(CC)CC1COCCN1CCC(CSc1ccccc1)Nc1ccc(S(=O)(=O)NC(=O)c2ccc(N3CCC([C@@H](OC(OP(=O)(O)O)(C(C)(C)C)C(C)(C)C)c4ccccc4-c4ccc(Cl)cc4)CC3)cc2)cc1S(=O)(=O)C(F)(F)F. The van der Waals surface area contributed by atoms with Crippen molar-refractivity contribution in [3.8, 4) is 11.1 Å². The first-order valence-electron chi connectivity index (χ1n) is 28.0. The molecule has 2 aliphatic rings. The van der Waals surface area contributed by atoms with E-state index in [4.69, 9.17) is 25.6 Å². The van der Waals surface area contributed by atoms with Crippen molar-refractivity contribution < 1.29 is 63.2 Å². The zero-order valence-electron chi connectivity index (χ0n) is 48.6. The number of carbonyl (C=O) groups is 1. The first-order chi connectivity index (χ1) is 39.4. The zero-order chi connectivity index (χ0) is 61.5. The number of anilines is 2. The number of nitrogens with one attached hydrogen (secondary N) is 2. The molecule has 0 radical (unpaired) electrons. The Labute approximate surface area is 502 Å². The van der Waals surface area contributed by atoms with Crippen molar-refractivity contribution in [2.75, 3.05) is 75.0 Å². The number of nitrogens with zero attached hydrogens (tertiary/aromatic N) is 3. The summed E-state index contributed by atoms with van der Waals surface area (Å²) < 4.78 is 132. The van der Waals surface area contributed by atoms with Crippen molar-refractivity contribution in [3.05, 3.63) is 137 Å². The number of sulfone groups is 1. The Morgan fingerprint density at radius 2 is 1.46 bits per heavy atom. The number of halogens is 4. The second-order valence-corrected chi connectivity index (χ2v) is 29.5. The van der Waals surface area contributed by atoms with E-state index in [9.17, 15) is 49.2 Å². The van der Waals surface area contributed by atoms with E-state index < -0.39 is 83.3 Å². The fourth-order valence-corrected chi connectivity index (χ4v) is 15.3. The number of phosphoric ester groups is 1. The van der Waals surface area contributed by atoms with E-state index in [2.05, 4.69) is 33.9 Å². The zero-order valence-corrected chi connectivity index (χ0v) is 52.7. The van der Waals surface area contributed by atoms with Crippen LogP contribution in [0.4, 0.5) is 24.5 Å². The van der Waals surface area contributed by atoms with Crippen molar-refractivity contribution >= 4 is 68.3 Å². The van der Waals surface area contributed by atoms with Crippen LogP contribution >= 0.6 is 31.2 Å². The molecule has 4 N–H and O–H groups in total. The molecule has 460 valence electrons. The number of sulfonamides is 1. The molecule has 0 bridgehead atoms. The van der Waals surface area contributed by atoms with Crippen LogP contribution in [0.3, 0.4) is 0 Å². The Bertz CT molecular complexity index is 3270. The predicted octanol–water partition coefficient (Wildman–Crippen LogP) is 12.3. The van der Waals surface area contributed by atoms with E-state index in [0.29, 0.717) is 81.2 Å². The molecule has 0 saturated carbocycles. The maximum atomic E-state index is 14.5. The van der Waals surface area contributed by atoms with E-state index in [1.54, 1.807) is 24.3 Å². The van der Waals surface area contributed by atoms with Crippen molar-refractivity contribution in [2.45, 2.75) is 119 Å². The van der Waals surface area contributed by atoms with Gasteiger partial charge in [-0.25, -0.2) is 26.1 Å². The highest BCUT2D eigenvalue weighted by Crippen LogP contribution is 2.59. The maximum Gasteiger partial charge on any atom is 0.501 e. The second-order valence-electron chi connectivity index (χ2n) is 23.2. The van der Waals surface area contributed by atoms with Crippen LogP contribution < -0.4 is 14.9 Å². The lowest BCUT2D eigenvalue weighted by Gasteiger charge is -2.54. The molecule has 84 heavy (non-hydrogen) atoms. The lowest BCUT2D eigenvalue weighted by Crippen LogP contribution is -2.57. The molecule has 2 aliphatic heterocycles. The number of morpholine rings is 1. The first-order valence-corrected chi connectivity index (χ1v) is 33.9. The Hall–Kier alpha value is -4.55. The number of thioether (sulfide) groups is 1. The van der Waals surface area contributed by atoms with Crippen LogP contribution in [0.25, 0.3) is 11.1 Å². The number of likely N-dealkylation sites (N-methyl/N-ethyl adjacent to an activating group) is 1. The van der Waals surface area contributed by atoms with Gasteiger partial charge >= 0.3 is 13.3 Å². The topological polar surface area (TPSA) is 204 Å². The highest BCUT2D eigenvalue weighted by atomic mass is 35.5. The summed E-state index contributed by atoms with van der Waals surface area (Å²) in [5, 5.41) is 3.60. The molecule has 16 nitrogen and oxygen atoms in total. The first kappa shape index (κ1) is 67.0. The normalized spacial score (nSPS) is 17.3. The van der Waals surface area contributed by atoms with Crippen LogP contribution in [0.15, 0.2) is 136 Å². The van der Waals surface area contributed by atoms with Gasteiger partial charge in [0.05, 0.1) is 29.9 Å². The van der Waals surface area contributed by atoms with Gasteiger partial charge in [0.1, 0.15) is 4.90 Å². The maximum absolute atomic E-state index is 14.5. The number of ether oxygens (including phenoxy) is 2. The summed E-state index contributed by atoms with van der Waals surface area (Å²) >= 11 is 7.73. The molecule has 0 spiro atoms. The third-order valence-electron chi connectivity index (χ3n) is 15.5. The molecule has 5 aromatic carbocycles. The highest BCUT2D eigenvalue weighted by molar-refractivity contribution is 7.99. The predicted molar refractivity (Wildman–Crippen MR) is 324 cm³/mol. The summed E-state index contributed by atoms with van der Waals surface area (Å²) in [6, 6.07) is 32.3. The minimum atomic E-state index is -6.16. The number of benzene rings is 5. The van der Waals surface area contributed by atoms with E-state index in [-0.39, 0.29) is 17.5 Å². The van der Waals surface area contributed by atoms with Gasteiger partial charge < -0.3 is 34.4 Å². The monoisotopic (exact) mass is 1260 g/mol. The Morgan fingerprint density at radius 3 is 2.06 bits per heavy atom. The molecule has 2 fully saturated rings. The van der Waals surface area contributed by atoms with Gasteiger partial charge in [-0.15, -0.1) is 11.8 Å². The van der Waals surface area contributed by atoms with Crippen molar-refractivity contribution in [3.63, 3.8) is 0 Å². The summed E-state index contributed by atoms with van der Waals surface area (Å²) in [6.07, 6.45) is 0.691. The minimum Gasteiger partial charge on any atom is -0.380 e. The number of rotatable bonds is 24. The van der Waals surface area contributed by atoms with E-state index in [0.717, 1.165) is 53.4 Å². The van der Waals surface area contributed by atoms with Gasteiger partial charge in [-0.3, -0.25) is 14.2 Å². The molecule has 0 aliphatic carbocycles. The Balaban J connectivity index is 1.10. The van der Waals surface area contributed by atoms with Crippen LogP contribution in [-0.4, -0.2) is 130 Å². The van der Waals surface area contributed by atoms with E-state index in [1.165, 1.54) is 23.9 Å². The van der Waals surface area contributed by atoms with Crippen LogP contribution in [0.1, 0.15) is 96.7 Å². The summed E-state index contributed by atoms with van der Waals surface area (Å²) in [5.74, 6) is -2.84. The highest BCUT2D eigenvalue weighted by Gasteiger charge is 2.59. The number of amides is 1. The van der Waals surface area contributed by atoms with E-state index in [1.807, 2.05) is 113 Å². The van der Waals surface area contributed by atoms with Gasteiger partial charge in [-0.1, -0.05) is 122 Å². The van der Waals surface area contributed by atoms with Gasteiger partial charge in [0.25, 0.3) is 25.8 Å². The fourth-order valence-electron chi connectivity index (χ4n) is 11.2. The molecule has 2 saturated heterocycles. The second kappa shape index (κ2) is 27.7. The number of phosphoric acid groups is 1. The number of alkyl halides is 3. The summed E-state index contributed by atoms with van der Waals surface area (Å²) in [7, 11) is -16.3. The van der Waals surface area contributed by atoms with Gasteiger partial charge in [0.2, 0.25) is 0 Å². The van der Waals surface area contributed by atoms with Crippen molar-refractivity contribution in [2.24, 2.45) is 16.7 Å². The average molecular weight is 1260 g/mol. The van der Waals surface area contributed by atoms with Crippen molar-refractivity contribution in [1.82, 2.24) is 14.5 Å². The van der Waals surface area contributed by atoms with Crippen LogP contribution in [0.5, 0.6) is 0 Å². The Morgan fingerprint density at radius 1 is 0.845 bits per heavy atom. The van der Waals surface area contributed by atoms with Crippen LogP contribution in [0.2, 0.25) is 5.02 Å². The standard InChI is InChI=1S/C60H78ClF3N5O11PS3/c1-9-67(10-2)39-48-40-78-37-36-69(48)35-32-46(41-82-49-16-12-11-13-17-49)65-53-29-28-50(38-54(53)83(74,75)60(62,63)64)84(76,77)66-56(70)44-22-26-47(27-23-44)68-33-30-43(31-34-68)55(52-19-15-14-18-51(52)42-20-24-45(61)25-21-42)79-59(57(3,4)5,58(6,7)8)80-81(71,72)73/h11-29,38,43,46,48,55,65H,9-10,30-37,39-41H2,1-8H3,(H,66,70)(H2,71,72,73)/t46?,48?,55-/m1/s1. The third-order valence-corrected chi connectivity index (χ3v) is 20.3. The molecule has 2 heterocycles. The summed E-state index contributed by atoms with van der Waals surface area (Å²) in [5.41, 5.74) is -5.16. The molecule has 3 atom stereocenters. The van der Waals surface area contributed by atoms with Crippen LogP contribution in [-0.2, 0) is 38.4 Å². The molecule has 7 rings (SSSR count). The van der Waals surface area contributed by atoms with Gasteiger partial charge in [-0.2, -0.15) is 13.2 Å². The molecule has 5 aromatic rings. The van der Waals surface area contributed by atoms with E-state index >= 15 is 0 Å². The largest absolute Gasteiger partial charge is 0.501 e. The van der Waals surface area contributed by atoms with Gasteiger partial charge in [0.15, 0.2) is 5.79 Å². The van der Waals surface area contributed by atoms with Crippen molar-refractivity contribution in [1.29, 1.82) is 0 Å². The van der Waals surface area contributed by atoms with Crippen LogP contribution in [0, 0.1) is 16.7 Å². The number of carbonyl (C=O) groups excluding carboxylic acids is 1. The minimum absolute atomic E-state index is 0.0554. The Kier molecular flexibility index (Phi) is 22.0. The average Bonchev–Trinajstić information content (AvgIpc) is 1.71. The molecule has 0 aromatic heterocycles. The fraction of sp³-hybridized carbons (Fsp3) is 0.483. The third kappa shape index (κ3) is 16.5. The number of hydrogen-bond donors (Lipinski definition) is 4. The number of hydrogen-bond acceptors (Lipinski definition) is 14. The molecule has 2 unspecified atom stereocenters. The summed E-state index contributed by atoms with van der Waals surface area (Å²) in [4.78, 5) is 39.9. The molecular weight excluding hydrogens is 1190 g/mol. The molecular formula is C60H78ClF3N5O11PS3. The lowest BCUT2D eigenvalue weighted by atomic mass is 9.70.